The minimum absolute atomic E-state index is 0.681. The topological polar surface area (TPSA) is 54.1 Å². The number of benzene rings is 8. The fraction of sp³-hybridized carbons (Fsp3) is 0.0690. The van der Waals surface area contributed by atoms with E-state index in [1.54, 1.807) is 23.5 Å². The molecule has 0 saturated carbocycles. The average molecular weight is 863 g/mol. The first-order valence-electron chi connectivity index (χ1n) is 21.1. The van der Waals surface area contributed by atoms with E-state index in [2.05, 4.69) is 206 Å². The molecule has 0 bridgehead atoms. The normalized spacial score (nSPS) is 11.1. The monoisotopic (exact) mass is 862 g/mol. The molecule has 0 aliphatic carbocycles. The van der Waals surface area contributed by atoms with Crippen LogP contribution in [0.2, 0.25) is 0 Å². The molecule has 0 N–H and O–H groups in total. The molecule has 8 rings (SSSR count). The molecule has 64 heavy (non-hydrogen) atoms. The van der Waals surface area contributed by atoms with Gasteiger partial charge in [0.2, 0.25) is 0 Å². The molecule has 310 valence electrons. The Morgan fingerprint density at radius 2 is 0.766 bits per heavy atom. The minimum atomic E-state index is 0.681. The molecule has 0 aliphatic heterocycles. The molecule has 0 unspecified atom stereocenters. The zero-order valence-electron chi connectivity index (χ0n) is 35.8. The van der Waals surface area contributed by atoms with Crippen LogP contribution in [0.15, 0.2) is 216 Å². The van der Waals surface area contributed by atoms with Crippen LogP contribution in [0.25, 0.3) is 23.3 Å². The van der Waals surface area contributed by atoms with Crippen LogP contribution in [-0.4, -0.2) is 0 Å². The molecule has 0 atom stereocenters. The van der Waals surface area contributed by atoms with E-state index >= 15 is 0 Å². The Balaban J connectivity index is 0.984. The zero-order chi connectivity index (χ0) is 44.1. The van der Waals surface area contributed by atoms with Gasteiger partial charge in [0.25, 0.3) is 0 Å². The van der Waals surface area contributed by atoms with Crippen molar-refractivity contribution in [3.05, 3.63) is 251 Å². The van der Waals surface area contributed by atoms with Gasteiger partial charge >= 0.3 is 0 Å². The molecule has 6 heteroatoms. The summed E-state index contributed by atoms with van der Waals surface area (Å²) in [5.74, 6) is 1.68. The Morgan fingerprint density at radius 1 is 0.422 bits per heavy atom. The highest BCUT2D eigenvalue weighted by molar-refractivity contribution is 7.98. The van der Waals surface area contributed by atoms with Gasteiger partial charge in [0.05, 0.1) is 23.3 Å². The number of hydrogen-bond acceptors (Lipinski definition) is 6. The second-order valence-corrected chi connectivity index (χ2v) is 17.6. The minimum Gasteiger partial charge on any atom is -0.317 e. The summed E-state index contributed by atoms with van der Waals surface area (Å²) in [5.41, 5.74) is 15.0. The van der Waals surface area contributed by atoms with Crippen molar-refractivity contribution in [2.45, 2.75) is 35.1 Å². The van der Waals surface area contributed by atoms with E-state index in [1.807, 2.05) is 48.5 Å². The lowest BCUT2D eigenvalue weighted by Gasteiger charge is -2.22. The van der Waals surface area contributed by atoms with E-state index in [4.69, 9.17) is 10.5 Å². The summed E-state index contributed by atoms with van der Waals surface area (Å²) in [4.78, 5) is 6.86. The predicted octanol–water partition coefficient (Wildman–Crippen LogP) is 15.9. The number of aryl methyl sites for hydroxylation is 2. The van der Waals surface area contributed by atoms with Crippen molar-refractivity contribution < 1.29 is 0 Å². The van der Waals surface area contributed by atoms with E-state index in [0.29, 0.717) is 11.1 Å². The fourth-order valence-corrected chi connectivity index (χ4v) is 8.94. The van der Waals surface area contributed by atoms with Gasteiger partial charge < -0.3 is 9.80 Å². The van der Waals surface area contributed by atoms with E-state index in [0.717, 1.165) is 56.5 Å². The largest absolute Gasteiger partial charge is 0.317 e. The second kappa shape index (κ2) is 21.1. The lowest BCUT2D eigenvalue weighted by Crippen LogP contribution is -2.08. The van der Waals surface area contributed by atoms with Crippen LogP contribution >= 0.6 is 23.5 Å². The van der Waals surface area contributed by atoms with Crippen molar-refractivity contribution in [2.75, 3.05) is 9.80 Å². The van der Waals surface area contributed by atoms with Gasteiger partial charge in [0.15, 0.2) is 0 Å². The van der Waals surface area contributed by atoms with Crippen LogP contribution in [0.1, 0.15) is 44.5 Å². The fourth-order valence-electron chi connectivity index (χ4n) is 7.10. The quantitative estimate of drug-likeness (QED) is 0.0957. The van der Waals surface area contributed by atoms with E-state index in [-0.39, 0.29) is 0 Å². The maximum absolute atomic E-state index is 9.14. The first-order chi connectivity index (χ1) is 31.4. The van der Waals surface area contributed by atoms with Crippen LogP contribution in [-0.2, 0) is 11.5 Å². The van der Waals surface area contributed by atoms with Crippen molar-refractivity contribution in [1.29, 1.82) is 10.5 Å². The first-order valence-corrected chi connectivity index (χ1v) is 23.1. The number of rotatable bonds is 15. The molecule has 0 aromatic heterocycles. The van der Waals surface area contributed by atoms with Gasteiger partial charge in [0.1, 0.15) is 0 Å². The number of thioether (sulfide) groups is 2. The van der Waals surface area contributed by atoms with Gasteiger partial charge in [-0.25, -0.2) is 0 Å². The smallest absolute Gasteiger partial charge is 0.0991 e. The van der Waals surface area contributed by atoms with Gasteiger partial charge in [-0.2, -0.15) is 10.5 Å². The number of nitrogens with zero attached hydrogens (tertiary/aromatic N) is 4. The van der Waals surface area contributed by atoms with Gasteiger partial charge in [0, 0.05) is 56.4 Å². The Kier molecular flexibility index (Phi) is 14.2. The molecular weight excluding hydrogens is 817 g/mol. The Hall–Kier alpha value is -7.48. The highest BCUT2D eigenvalue weighted by Gasteiger charge is 2.11. The molecule has 8 aromatic carbocycles. The van der Waals surface area contributed by atoms with Crippen molar-refractivity contribution in [3.63, 3.8) is 0 Å². The molecule has 0 spiro atoms. The Morgan fingerprint density at radius 3 is 1.11 bits per heavy atom. The third-order valence-corrected chi connectivity index (χ3v) is 12.9. The standard InChI is InChI=1S/C58H46N4S2/c1-43-9-25-53(26-10-43)61(35-33-45-5-3-7-57(37-45)63-41-49-17-13-47(39-59)14-18-49)55-29-21-51(22-30-55)52-23-31-56(32-24-52)62(54-27-11-44(2)12-28-54)36-34-46-6-4-8-58(38-46)64-42-50-19-15-48(40-60)16-20-50/h3-38H,41-42H2,1-2H3/b35-33+,36-34+. The summed E-state index contributed by atoms with van der Waals surface area (Å²) in [7, 11) is 0. The molecule has 4 nitrogen and oxygen atoms in total. The van der Waals surface area contributed by atoms with Crippen molar-refractivity contribution >= 4 is 58.4 Å². The first kappa shape index (κ1) is 43.2. The lowest BCUT2D eigenvalue weighted by molar-refractivity contribution is 1.28. The molecule has 0 aliphatic rings. The SMILES string of the molecule is Cc1ccc(N(/C=C/c2cccc(SCc3ccc(C#N)cc3)c2)c2ccc(-c3ccc(N(/C=C/c4cccc(SCc5ccc(C#N)cc5)c4)c4ccc(C)cc4)cc3)cc2)cc1. The highest BCUT2D eigenvalue weighted by Crippen LogP contribution is 2.33. The summed E-state index contributed by atoms with van der Waals surface area (Å²) in [5, 5.41) is 18.3. The molecule has 0 fully saturated rings. The maximum atomic E-state index is 9.14. The van der Waals surface area contributed by atoms with Crippen molar-refractivity contribution in [3.8, 4) is 23.3 Å². The summed E-state index contributed by atoms with van der Waals surface area (Å²) < 4.78 is 0. The summed E-state index contributed by atoms with van der Waals surface area (Å²) >= 11 is 3.58. The second-order valence-electron chi connectivity index (χ2n) is 15.5. The van der Waals surface area contributed by atoms with Crippen LogP contribution in [0.4, 0.5) is 22.7 Å². The van der Waals surface area contributed by atoms with Crippen molar-refractivity contribution in [2.24, 2.45) is 0 Å². The van der Waals surface area contributed by atoms with E-state index in [9.17, 15) is 0 Å². The summed E-state index contributed by atoms with van der Waals surface area (Å²) in [6.45, 7) is 4.23. The number of hydrogen-bond donors (Lipinski definition) is 0. The molecular formula is C58H46N4S2. The number of anilines is 4. The van der Waals surface area contributed by atoms with E-state index < -0.39 is 0 Å². The van der Waals surface area contributed by atoms with Crippen LogP contribution in [0, 0.1) is 36.5 Å². The molecule has 0 saturated heterocycles. The van der Waals surface area contributed by atoms with Gasteiger partial charge in [-0.05, 0) is 156 Å². The van der Waals surface area contributed by atoms with Gasteiger partial charge in [-0.15, -0.1) is 23.5 Å². The van der Waals surface area contributed by atoms with Crippen molar-refractivity contribution in [1.82, 2.24) is 0 Å². The summed E-state index contributed by atoms with van der Waals surface area (Å²) in [6, 6.07) is 72.0. The number of nitriles is 2. The molecule has 0 radical (unpaired) electrons. The zero-order valence-corrected chi connectivity index (χ0v) is 37.4. The third kappa shape index (κ3) is 11.5. The Labute approximate surface area is 386 Å². The average Bonchev–Trinajstić information content (AvgIpc) is 3.35. The van der Waals surface area contributed by atoms with Gasteiger partial charge in [-0.3, -0.25) is 0 Å². The molecule has 0 heterocycles. The van der Waals surface area contributed by atoms with Crippen LogP contribution in [0.3, 0.4) is 0 Å². The van der Waals surface area contributed by atoms with Crippen LogP contribution < -0.4 is 9.80 Å². The maximum Gasteiger partial charge on any atom is 0.0991 e. The van der Waals surface area contributed by atoms with Gasteiger partial charge in [-0.1, -0.05) is 108 Å². The third-order valence-electron chi connectivity index (χ3n) is 10.8. The molecule has 8 aromatic rings. The summed E-state index contributed by atoms with van der Waals surface area (Å²) in [6.07, 6.45) is 8.64. The lowest BCUT2D eigenvalue weighted by atomic mass is 10.0. The highest BCUT2D eigenvalue weighted by atomic mass is 32.2. The van der Waals surface area contributed by atoms with E-state index in [1.165, 1.54) is 32.0 Å². The Bertz CT molecular complexity index is 2740. The molecule has 0 amide bonds. The van der Waals surface area contributed by atoms with Crippen LogP contribution in [0.5, 0.6) is 0 Å². The predicted molar refractivity (Wildman–Crippen MR) is 271 cm³/mol.